The lowest BCUT2D eigenvalue weighted by molar-refractivity contribution is 0.177. The van der Waals surface area contributed by atoms with Gasteiger partial charge in [-0.25, -0.2) is 15.0 Å². The molecule has 1 aliphatic rings. The molecule has 0 aliphatic carbocycles. The summed E-state index contributed by atoms with van der Waals surface area (Å²) in [6.45, 7) is 3.32. The van der Waals surface area contributed by atoms with E-state index in [-0.39, 0.29) is 0 Å². The van der Waals surface area contributed by atoms with E-state index >= 15 is 0 Å². The molecule has 0 radical (unpaired) electrons. The zero-order chi connectivity index (χ0) is 17.6. The van der Waals surface area contributed by atoms with E-state index in [1.165, 1.54) is 17.7 Å². The molecule has 0 aromatic carbocycles. The largest absolute Gasteiger partial charge is 0.325 e. The van der Waals surface area contributed by atoms with Gasteiger partial charge in [0.2, 0.25) is 0 Å². The number of hydrogen-bond donors (Lipinski definition) is 1. The van der Waals surface area contributed by atoms with E-state index in [2.05, 4.69) is 30.2 Å². The lowest BCUT2D eigenvalue weighted by Crippen LogP contribution is -2.33. The van der Waals surface area contributed by atoms with Crippen molar-refractivity contribution in [2.75, 3.05) is 18.4 Å². The molecule has 1 fully saturated rings. The Labute approximate surface area is 157 Å². The maximum Gasteiger partial charge on any atom is 0.135 e. The van der Waals surface area contributed by atoms with Gasteiger partial charge in [0, 0.05) is 35.6 Å². The maximum atomic E-state index is 4.46. The van der Waals surface area contributed by atoms with E-state index in [0.717, 1.165) is 43.4 Å². The molecule has 4 heterocycles. The molecule has 3 aromatic rings. The summed E-state index contributed by atoms with van der Waals surface area (Å²) < 4.78 is 0. The van der Waals surface area contributed by atoms with Crippen LogP contribution in [-0.2, 0) is 13.0 Å². The molecule has 7 heteroatoms. The first-order valence-electron chi connectivity index (χ1n) is 8.94. The number of likely N-dealkylation sites (tertiary alicyclic amines) is 1. The third-order valence-electron chi connectivity index (χ3n) is 4.71. The highest BCUT2D eigenvalue weighted by molar-refractivity contribution is 7.09. The Bertz CT molecular complexity index is 800. The Hall–Kier alpha value is -2.38. The summed E-state index contributed by atoms with van der Waals surface area (Å²) in [5.41, 5.74) is 3.01. The number of piperidine rings is 1. The van der Waals surface area contributed by atoms with Crippen molar-refractivity contribution in [2.24, 2.45) is 5.92 Å². The summed E-state index contributed by atoms with van der Waals surface area (Å²) >= 11 is 1.74. The first-order chi connectivity index (χ1) is 12.8. The van der Waals surface area contributed by atoms with Gasteiger partial charge in [0.15, 0.2) is 0 Å². The third kappa shape index (κ3) is 4.62. The summed E-state index contributed by atoms with van der Waals surface area (Å²) in [5.74, 6) is 2.29. The average molecular weight is 366 g/mol. The maximum absolute atomic E-state index is 4.46. The zero-order valence-corrected chi connectivity index (χ0v) is 15.4. The molecule has 1 aliphatic heterocycles. The molecule has 4 rings (SSSR count). The highest BCUT2D eigenvalue weighted by Crippen LogP contribution is 2.23. The second-order valence-corrected chi connectivity index (χ2v) is 7.60. The monoisotopic (exact) mass is 366 g/mol. The van der Waals surface area contributed by atoms with Crippen LogP contribution in [-0.4, -0.2) is 37.9 Å². The average Bonchev–Trinajstić information content (AvgIpc) is 3.18. The fourth-order valence-corrected chi connectivity index (χ4v) is 3.97. The molecule has 0 unspecified atom stereocenters. The van der Waals surface area contributed by atoms with Crippen LogP contribution in [0.15, 0.2) is 48.5 Å². The second-order valence-electron chi connectivity index (χ2n) is 6.63. The minimum Gasteiger partial charge on any atom is -0.325 e. The fourth-order valence-electron chi connectivity index (χ4n) is 3.33. The molecule has 0 saturated carbocycles. The molecule has 1 N–H and O–H groups in total. The van der Waals surface area contributed by atoms with Crippen LogP contribution >= 0.6 is 11.3 Å². The quantitative estimate of drug-likeness (QED) is 0.720. The van der Waals surface area contributed by atoms with Gasteiger partial charge in [0.1, 0.15) is 18.0 Å². The Morgan fingerprint density at radius 3 is 2.81 bits per heavy atom. The molecule has 0 bridgehead atoms. The standard InChI is InChI=1S/C19H22N6S/c1-2-6-21-18(3-1)24-19-10-16(22-13-23-19)9-15-4-7-25(8-5-15)12-17-11-20-14-26-17/h1-3,6,10-11,13-15H,4-5,7-9,12H2,(H,21,22,23,24). The number of thiazole rings is 1. The number of aromatic nitrogens is 4. The molecule has 0 amide bonds. The first kappa shape index (κ1) is 17.1. The Morgan fingerprint density at radius 1 is 1.12 bits per heavy atom. The number of anilines is 2. The molecular weight excluding hydrogens is 344 g/mol. The predicted octanol–water partition coefficient (Wildman–Crippen LogP) is 3.53. The number of rotatable bonds is 6. The molecule has 0 spiro atoms. The van der Waals surface area contributed by atoms with E-state index in [4.69, 9.17) is 0 Å². The van der Waals surface area contributed by atoms with Gasteiger partial charge >= 0.3 is 0 Å². The van der Waals surface area contributed by atoms with Crippen LogP contribution in [0.2, 0.25) is 0 Å². The van der Waals surface area contributed by atoms with Crippen LogP contribution in [0.1, 0.15) is 23.4 Å². The molecule has 6 nitrogen and oxygen atoms in total. The van der Waals surface area contributed by atoms with Gasteiger partial charge in [-0.15, -0.1) is 11.3 Å². The van der Waals surface area contributed by atoms with E-state index < -0.39 is 0 Å². The van der Waals surface area contributed by atoms with E-state index in [0.29, 0.717) is 5.92 Å². The summed E-state index contributed by atoms with van der Waals surface area (Å²) in [5, 5.41) is 3.24. The van der Waals surface area contributed by atoms with Crippen molar-refractivity contribution in [3.63, 3.8) is 0 Å². The molecule has 3 aromatic heterocycles. The molecule has 134 valence electrons. The fraction of sp³-hybridized carbons (Fsp3) is 0.368. The van der Waals surface area contributed by atoms with E-state index in [1.54, 1.807) is 23.9 Å². The van der Waals surface area contributed by atoms with Gasteiger partial charge in [-0.2, -0.15) is 0 Å². The van der Waals surface area contributed by atoms with Crippen LogP contribution < -0.4 is 5.32 Å². The topological polar surface area (TPSA) is 66.8 Å². The smallest absolute Gasteiger partial charge is 0.135 e. The van der Waals surface area contributed by atoms with Gasteiger partial charge in [0.25, 0.3) is 0 Å². The van der Waals surface area contributed by atoms with Gasteiger partial charge in [0.05, 0.1) is 5.51 Å². The van der Waals surface area contributed by atoms with Gasteiger partial charge in [-0.3, -0.25) is 9.88 Å². The van der Waals surface area contributed by atoms with Crippen molar-refractivity contribution in [1.29, 1.82) is 0 Å². The summed E-state index contributed by atoms with van der Waals surface area (Å²) in [6, 6.07) is 7.83. The predicted molar refractivity (Wildman–Crippen MR) is 103 cm³/mol. The molecule has 26 heavy (non-hydrogen) atoms. The molecule has 0 atom stereocenters. The van der Waals surface area contributed by atoms with Crippen LogP contribution in [0, 0.1) is 5.92 Å². The van der Waals surface area contributed by atoms with Gasteiger partial charge < -0.3 is 5.32 Å². The highest BCUT2D eigenvalue weighted by atomic mass is 32.1. The van der Waals surface area contributed by atoms with Crippen LogP contribution in [0.25, 0.3) is 0 Å². The lowest BCUT2D eigenvalue weighted by Gasteiger charge is -2.31. The summed E-state index contributed by atoms with van der Waals surface area (Å²) in [6.07, 6.45) is 8.82. The number of nitrogens with one attached hydrogen (secondary N) is 1. The molecular formula is C19H22N6S. The van der Waals surface area contributed by atoms with Gasteiger partial charge in [-0.05, 0) is 50.4 Å². The number of nitrogens with zero attached hydrogens (tertiary/aromatic N) is 5. The highest BCUT2D eigenvalue weighted by Gasteiger charge is 2.20. The summed E-state index contributed by atoms with van der Waals surface area (Å²) in [7, 11) is 0. The minimum absolute atomic E-state index is 0.685. The lowest BCUT2D eigenvalue weighted by atomic mass is 9.92. The number of hydrogen-bond acceptors (Lipinski definition) is 7. The second kappa shape index (κ2) is 8.33. The van der Waals surface area contributed by atoms with Crippen molar-refractivity contribution in [3.8, 4) is 0 Å². The zero-order valence-electron chi connectivity index (χ0n) is 14.6. The Morgan fingerprint density at radius 2 is 2.04 bits per heavy atom. The summed E-state index contributed by atoms with van der Waals surface area (Å²) in [4.78, 5) is 21.1. The van der Waals surface area contributed by atoms with E-state index in [1.807, 2.05) is 36.0 Å². The van der Waals surface area contributed by atoms with Crippen LogP contribution in [0.5, 0.6) is 0 Å². The normalized spacial score (nSPS) is 15.8. The van der Waals surface area contributed by atoms with Crippen molar-refractivity contribution < 1.29 is 0 Å². The Kier molecular flexibility index (Phi) is 5.47. The SMILES string of the molecule is c1ccc(Nc2cc(CC3CCN(Cc4cncs4)CC3)ncn2)nc1. The number of pyridine rings is 1. The minimum atomic E-state index is 0.685. The first-order valence-corrected chi connectivity index (χ1v) is 9.82. The van der Waals surface area contributed by atoms with Crippen molar-refractivity contribution in [1.82, 2.24) is 24.8 Å². The third-order valence-corrected chi connectivity index (χ3v) is 5.48. The van der Waals surface area contributed by atoms with Gasteiger partial charge in [-0.1, -0.05) is 6.07 Å². The van der Waals surface area contributed by atoms with Crippen LogP contribution in [0.4, 0.5) is 11.6 Å². The van der Waals surface area contributed by atoms with Crippen molar-refractivity contribution in [2.45, 2.75) is 25.8 Å². The van der Waals surface area contributed by atoms with Crippen molar-refractivity contribution in [3.05, 3.63) is 59.1 Å². The molecule has 1 saturated heterocycles. The van der Waals surface area contributed by atoms with Crippen LogP contribution in [0.3, 0.4) is 0 Å². The van der Waals surface area contributed by atoms with Crippen molar-refractivity contribution >= 4 is 23.0 Å². The Balaban J connectivity index is 1.30. The van der Waals surface area contributed by atoms with E-state index in [9.17, 15) is 0 Å².